The Morgan fingerprint density at radius 1 is 1.50 bits per heavy atom. The molecule has 1 aromatic heterocycles. The Kier molecular flexibility index (Phi) is 3.76. The van der Waals surface area contributed by atoms with E-state index in [1.807, 2.05) is 0 Å². The van der Waals surface area contributed by atoms with E-state index in [2.05, 4.69) is 34.2 Å². The van der Waals surface area contributed by atoms with Crippen LogP contribution in [0.1, 0.15) is 23.8 Å². The molecule has 0 spiro atoms. The zero-order chi connectivity index (χ0) is 13.1. The zero-order valence-corrected chi connectivity index (χ0v) is 10.6. The zero-order valence-electron chi connectivity index (χ0n) is 10.6. The van der Waals surface area contributed by atoms with E-state index in [-0.39, 0.29) is 11.7 Å². The number of carboxylic acid groups (broad SMARTS) is 1. The van der Waals surface area contributed by atoms with Gasteiger partial charge in [-0.05, 0) is 25.9 Å². The van der Waals surface area contributed by atoms with Crippen molar-refractivity contribution in [1.29, 1.82) is 0 Å². The van der Waals surface area contributed by atoms with Crippen molar-refractivity contribution >= 4 is 11.8 Å². The summed E-state index contributed by atoms with van der Waals surface area (Å²) in [4.78, 5) is 21.2. The molecule has 0 saturated carbocycles. The lowest BCUT2D eigenvalue weighted by molar-refractivity contribution is 0.0691. The first-order valence-corrected chi connectivity index (χ1v) is 6.07. The molecule has 0 amide bonds. The summed E-state index contributed by atoms with van der Waals surface area (Å²) in [6.45, 7) is 4.16. The highest BCUT2D eigenvalue weighted by atomic mass is 16.4. The summed E-state index contributed by atoms with van der Waals surface area (Å²) in [5.74, 6) is -0.231. The third-order valence-electron chi connectivity index (χ3n) is 3.33. The Morgan fingerprint density at radius 3 is 2.89 bits per heavy atom. The Labute approximate surface area is 106 Å². The van der Waals surface area contributed by atoms with Crippen LogP contribution in [0.4, 0.5) is 5.82 Å². The number of carboxylic acids is 1. The van der Waals surface area contributed by atoms with E-state index in [0.717, 1.165) is 19.5 Å². The maximum atomic E-state index is 11.0. The second-order valence-electron chi connectivity index (χ2n) is 4.84. The number of hydrogen-bond acceptors (Lipinski definition) is 5. The lowest BCUT2D eigenvalue weighted by Gasteiger charge is -2.35. The minimum Gasteiger partial charge on any atom is -0.476 e. The molecular formula is C12H18N4O2. The average Bonchev–Trinajstić information content (AvgIpc) is 2.33. The van der Waals surface area contributed by atoms with Gasteiger partial charge in [-0.3, -0.25) is 0 Å². The van der Waals surface area contributed by atoms with Gasteiger partial charge in [-0.15, -0.1) is 0 Å². The first-order valence-electron chi connectivity index (χ1n) is 6.07. The smallest absolute Gasteiger partial charge is 0.358 e. The number of nitrogens with zero attached hydrogens (tertiary/aromatic N) is 3. The molecule has 1 saturated heterocycles. The Hall–Kier alpha value is -1.69. The van der Waals surface area contributed by atoms with Crippen LogP contribution in [0.25, 0.3) is 0 Å². The van der Waals surface area contributed by atoms with Gasteiger partial charge in [0.05, 0.1) is 0 Å². The van der Waals surface area contributed by atoms with Crippen molar-refractivity contribution in [3.8, 4) is 0 Å². The number of likely N-dealkylation sites (tertiary alicyclic amines) is 1. The van der Waals surface area contributed by atoms with Crippen LogP contribution in [0.15, 0.2) is 12.4 Å². The van der Waals surface area contributed by atoms with E-state index in [0.29, 0.717) is 11.7 Å². The van der Waals surface area contributed by atoms with E-state index in [1.54, 1.807) is 0 Å². The van der Waals surface area contributed by atoms with Gasteiger partial charge >= 0.3 is 5.97 Å². The largest absolute Gasteiger partial charge is 0.476 e. The molecule has 6 heteroatoms. The van der Waals surface area contributed by atoms with Crippen molar-refractivity contribution in [2.24, 2.45) is 5.92 Å². The number of aromatic nitrogens is 2. The Bertz CT molecular complexity index is 438. The van der Waals surface area contributed by atoms with Crippen LogP contribution >= 0.6 is 0 Å². The maximum absolute atomic E-state index is 11.0. The molecule has 2 unspecified atom stereocenters. The first kappa shape index (κ1) is 12.8. The third-order valence-corrected chi connectivity index (χ3v) is 3.33. The molecular weight excluding hydrogens is 232 g/mol. The molecule has 2 atom stereocenters. The van der Waals surface area contributed by atoms with Crippen LogP contribution in [-0.2, 0) is 0 Å². The molecule has 0 aliphatic carbocycles. The van der Waals surface area contributed by atoms with Gasteiger partial charge in [0.2, 0.25) is 0 Å². The lowest BCUT2D eigenvalue weighted by Crippen LogP contribution is -2.43. The molecule has 1 aromatic rings. The van der Waals surface area contributed by atoms with Gasteiger partial charge in [0, 0.05) is 25.0 Å². The fourth-order valence-corrected chi connectivity index (χ4v) is 2.34. The van der Waals surface area contributed by atoms with Crippen LogP contribution in [0.5, 0.6) is 0 Å². The minimum atomic E-state index is -1.05. The van der Waals surface area contributed by atoms with Crippen molar-refractivity contribution in [1.82, 2.24) is 14.9 Å². The number of hydrogen-bond donors (Lipinski definition) is 2. The summed E-state index contributed by atoms with van der Waals surface area (Å²) < 4.78 is 0. The number of anilines is 1. The van der Waals surface area contributed by atoms with Crippen molar-refractivity contribution in [3.05, 3.63) is 18.1 Å². The fraction of sp³-hybridized carbons (Fsp3) is 0.583. The minimum absolute atomic E-state index is 0.0105. The number of piperidine rings is 1. The summed E-state index contributed by atoms with van der Waals surface area (Å²) in [5, 5.41) is 12.3. The van der Waals surface area contributed by atoms with Crippen molar-refractivity contribution < 1.29 is 9.90 Å². The van der Waals surface area contributed by atoms with Gasteiger partial charge in [-0.25, -0.2) is 14.8 Å². The van der Waals surface area contributed by atoms with E-state index < -0.39 is 5.97 Å². The van der Waals surface area contributed by atoms with Crippen LogP contribution in [0, 0.1) is 5.92 Å². The molecule has 2 N–H and O–H groups in total. The predicted octanol–water partition coefficient (Wildman–Crippen LogP) is 0.927. The van der Waals surface area contributed by atoms with Crippen molar-refractivity contribution in [2.45, 2.75) is 19.4 Å². The molecule has 0 aromatic carbocycles. The highest BCUT2D eigenvalue weighted by molar-refractivity contribution is 5.90. The van der Waals surface area contributed by atoms with E-state index >= 15 is 0 Å². The maximum Gasteiger partial charge on any atom is 0.358 e. The van der Waals surface area contributed by atoms with Crippen LogP contribution in [0.3, 0.4) is 0 Å². The average molecular weight is 250 g/mol. The summed E-state index contributed by atoms with van der Waals surface area (Å²) in [5.41, 5.74) is -0.0105. The molecule has 98 valence electrons. The topological polar surface area (TPSA) is 78.3 Å². The molecule has 0 bridgehead atoms. The van der Waals surface area contributed by atoms with Gasteiger partial charge in [0.25, 0.3) is 0 Å². The standard InChI is InChI=1S/C12H18N4O2/c1-8-7-16(2)6-3-9(8)15-11-10(12(17)18)13-4-5-14-11/h4-5,8-9H,3,6-7H2,1-2H3,(H,14,15)(H,17,18). The second kappa shape index (κ2) is 5.30. The molecule has 1 aliphatic rings. The van der Waals surface area contributed by atoms with E-state index in [1.165, 1.54) is 12.4 Å². The van der Waals surface area contributed by atoms with E-state index in [9.17, 15) is 4.79 Å². The third kappa shape index (κ3) is 2.76. The quantitative estimate of drug-likeness (QED) is 0.830. The van der Waals surface area contributed by atoms with Crippen molar-refractivity contribution in [3.63, 3.8) is 0 Å². The summed E-state index contributed by atoms with van der Waals surface area (Å²) in [7, 11) is 2.09. The second-order valence-corrected chi connectivity index (χ2v) is 4.84. The van der Waals surface area contributed by atoms with Gasteiger partial charge in [0.1, 0.15) is 0 Å². The number of carbonyl (C=O) groups is 1. The van der Waals surface area contributed by atoms with Crippen LogP contribution in [-0.4, -0.2) is 52.1 Å². The lowest BCUT2D eigenvalue weighted by atomic mass is 9.94. The van der Waals surface area contributed by atoms with Gasteiger partial charge in [-0.1, -0.05) is 6.92 Å². The number of aromatic carboxylic acids is 1. The van der Waals surface area contributed by atoms with E-state index in [4.69, 9.17) is 5.11 Å². The summed E-state index contributed by atoms with van der Waals surface area (Å²) >= 11 is 0. The number of nitrogens with one attached hydrogen (secondary N) is 1. The van der Waals surface area contributed by atoms with Gasteiger partial charge < -0.3 is 15.3 Å². The summed E-state index contributed by atoms with van der Waals surface area (Å²) in [6.07, 6.45) is 3.88. The predicted molar refractivity (Wildman–Crippen MR) is 67.7 cm³/mol. The van der Waals surface area contributed by atoms with Crippen molar-refractivity contribution in [2.75, 3.05) is 25.5 Å². The van der Waals surface area contributed by atoms with Crippen LogP contribution < -0.4 is 5.32 Å². The Morgan fingerprint density at radius 2 is 2.22 bits per heavy atom. The highest BCUT2D eigenvalue weighted by Crippen LogP contribution is 2.20. The fourth-order valence-electron chi connectivity index (χ4n) is 2.34. The molecule has 0 radical (unpaired) electrons. The van der Waals surface area contributed by atoms with Gasteiger partial charge in [-0.2, -0.15) is 0 Å². The molecule has 1 fully saturated rings. The first-order chi connectivity index (χ1) is 8.58. The molecule has 18 heavy (non-hydrogen) atoms. The summed E-state index contributed by atoms with van der Waals surface area (Å²) in [6, 6.07) is 0.246. The monoisotopic (exact) mass is 250 g/mol. The molecule has 6 nitrogen and oxygen atoms in total. The molecule has 2 heterocycles. The highest BCUT2D eigenvalue weighted by Gasteiger charge is 2.25. The van der Waals surface area contributed by atoms with Gasteiger partial charge in [0.15, 0.2) is 11.5 Å². The SMILES string of the molecule is CC1CN(C)CCC1Nc1nccnc1C(=O)O. The Balaban J connectivity index is 2.12. The van der Waals surface area contributed by atoms with Crippen LogP contribution in [0.2, 0.25) is 0 Å². The molecule has 2 rings (SSSR count). The molecule has 1 aliphatic heterocycles. The normalized spacial score (nSPS) is 24.8. The number of rotatable bonds is 3.